The van der Waals surface area contributed by atoms with Gasteiger partial charge in [0, 0.05) is 18.8 Å². The summed E-state index contributed by atoms with van der Waals surface area (Å²) in [4.78, 5) is 15.4. The second-order valence-electron chi connectivity index (χ2n) is 10.3. The molecule has 0 unspecified atom stereocenters. The van der Waals surface area contributed by atoms with Crippen LogP contribution in [0.15, 0.2) is 36.4 Å². The predicted molar refractivity (Wildman–Crippen MR) is 123 cm³/mol. The zero-order valence-electron chi connectivity index (χ0n) is 19.3. The predicted octanol–water partition coefficient (Wildman–Crippen LogP) is 4.56. The van der Waals surface area contributed by atoms with Gasteiger partial charge in [-0.1, -0.05) is 52.8 Å². The Morgan fingerprint density at radius 3 is 2.63 bits per heavy atom. The van der Waals surface area contributed by atoms with E-state index in [4.69, 9.17) is 0 Å². The van der Waals surface area contributed by atoms with Crippen molar-refractivity contribution in [2.75, 3.05) is 26.2 Å². The number of hydrogen-bond acceptors (Lipinski definition) is 3. The van der Waals surface area contributed by atoms with Crippen molar-refractivity contribution >= 4 is 5.91 Å². The average molecular weight is 411 g/mol. The number of amides is 1. The highest BCUT2D eigenvalue weighted by Crippen LogP contribution is 2.22. The molecule has 1 aliphatic heterocycles. The molecule has 1 fully saturated rings. The second-order valence-corrected chi connectivity index (χ2v) is 10.3. The molecule has 0 aliphatic carbocycles. The van der Waals surface area contributed by atoms with Crippen LogP contribution in [-0.2, 0) is 6.42 Å². The molecule has 1 saturated heterocycles. The molecular weight excluding hydrogens is 372 g/mol. The highest BCUT2D eigenvalue weighted by Gasteiger charge is 2.25. The van der Waals surface area contributed by atoms with Crippen molar-refractivity contribution in [1.82, 2.24) is 20.0 Å². The third-order valence-electron chi connectivity index (χ3n) is 5.73. The highest BCUT2D eigenvalue weighted by atomic mass is 16.1. The summed E-state index contributed by atoms with van der Waals surface area (Å²) in [6.45, 7) is 15.3. The first-order chi connectivity index (χ1) is 14.2. The number of rotatable bonds is 8. The minimum Gasteiger partial charge on any atom is -0.350 e. The van der Waals surface area contributed by atoms with E-state index >= 15 is 0 Å². The van der Waals surface area contributed by atoms with Crippen LogP contribution in [0.1, 0.15) is 63.6 Å². The van der Waals surface area contributed by atoms with Crippen LogP contribution in [0.5, 0.6) is 0 Å². The third-order valence-corrected chi connectivity index (χ3v) is 5.73. The number of nitrogens with one attached hydrogen (secondary N) is 1. The molecule has 5 nitrogen and oxygen atoms in total. The van der Waals surface area contributed by atoms with E-state index in [1.165, 1.54) is 6.42 Å². The first-order valence-corrected chi connectivity index (χ1v) is 11.4. The van der Waals surface area contributed by atoms with Crippen molar-refractivity contribution in [3.63, 3.8) is 0 Å². The zero-order valence-corrected chi connectivity index (χ0v) is 19.3. The Hall–Kier alpha value is -2.14. The van der Waals surface area contributed by atoms with Crippen LogP contribution in [-0.4, -0.2) is 46.8 Å². The molecule has 1 aromatic heterocycles. The lowest BCUT2D eigenvalue weighted by atomic mass is 9.92. The van der Waals surface area contributed by atoms with E-state index in [1.807, 2.05) is 41.1 Å². The summed E-state index contributed by atoms with van der Waals surface area (Å²) >= 11 is 0. The van der Waals surface area contributed by atoms with Gasteiger partial charge in [-0.05, 0) is 67.8 Å². The quantitative estimate of drug-likeness (QED) is 0.694. The summed E-state index contributed by atoms with van der Waals surface area (Å²) in [5, 5.41) is 7.78. The zero-order chi connectivity index (χ0) is 21.7. The molecular formula is C25H38N4O. The summed E-state index contributed by atoms with van der Waals surface area (Å²) in [6, 6.07) is 12.0. The van der Waals surface area contributed by atoms with Crippen molar-refractivity contribution in [3.8, 4) is 5.69 Å². The second kappa shape index (κ2) is 9.78. The first kappa shape index (κ1) is 22.5. The van der Waals surface area contributed by atoms with E-state index in [9.17, 15) is 4.79 Å². The number of aromatic nitrogens is 2. The summed E-state index contributed by atoms with van der Waals surface area (Å²) in [5.41, 5.74) is 2.96. The summed E-state index contributed by atoms with van der Waals surface area (Å²) in [7, 11) is 0. The van der Waals surface area contributed by atoms with Crippen LogP contribution in [0, 0.1) is 17.3 Å². The van der Waals surface area contributed by atoms with E-state index in [-0.39, 0.29) is 5.91 Å². The van der Waals surface area contributed by atoms with Gasteiger partial charge in [0.2, 0.25) is 0 Å². The normalized spacial score (nSPS) is 17.6. The minimum absolute atomic E-state index is 0.0668. The molecule has 2 heterocycles. The van der Waals surface area contributed by atoms with Gasteiger partial charge in [0.15, 0.2) is 5.69 Å². The Bertz CT molecular complexity index is 819. The Kier molecular flexibility index (Phi) is 7.35. The van der Waals surface area contributed by atoms with Crippen molar-refractivity contribution in [3.05, 3.63) is 47.8 Å². The van der Waals surface area contributed by atoms with E-state index in [0.29, 0.717) is 22.9 Å². The number of benzene rings is 1. The largest absolute Gasteiger partial charge is 0.350 e. The molecule has 3 rings (SSSR count). The first-order valence-electron chi connectivity index (χ1n) is 11.4. The van der Waals surface area contributed by atoms with Gasteiger partial charge in [-0.15, -0.1) is 0 Å². The molecule has 2 aromatic rings. The van der Waals surface area contributed by atoms with E-state index in [2.05, 4.69) is 49.9 Å². The molecule has 164 valence electrons. The number of para-hydroxylation sites is 1. The smallest absolute Gasteiger partial charge is 0.271 e. The van der Waals surface area contributed by atoms with Crippen molar-refractivity contribution in [2.45, 2.75) is 53.9 Å². The maximum absolute atomic E-state index is 12.8. The molecule has 0 bridgehead atoms. The Morgan fingerprint density at radius 2 is 1.97 bits per heavy atom. The fourth-order valence-corrected chi connectivity index (χ4v) is 3.99. The number of likely N-dealkylation sites (tertiary alicyclic amines) is 1. The van der Waals surface area contributed by atoms with Gasteiger partial charge in [0.1, 0.15) is 0 Å². The van der Waals surface area contributed by atoms with Crippen LogP contribution in [0.4, 0.5) is 0 Å². The van der Waals surface area contributed by atoms with Crippen molar-refractivity contribution in [2.24, 2.45) is 17.3 Å². The average Bonchev–Trinajstić information content (AvgIpc) is 3.31. The Balaban J connectivity index is 1.59. The van der Waals surface area contributed by atoms with Crippen LogP contribution in [0.25, 0.3) is 5.69 Å². The summed E-state index contributed by atoms with van der Waals surface area (Å²) in [6.07, 6.45) is 3.25. The Morgan fingerprint density at radius 1 is 1.23 bits per heavy atom. The number of hydrogen-bond donors (Lipinski definition) is 1. The summed E-state index contributed by atoms with van der Waals surface area (Å²) in [5.74, 6) is 0.959. The fourth-order valence-electron chi connectivity index (χ4n) is 3.99. The van der Waals surface area contributed by atoms with Crippen LogP contribution >= 0.6 is 0 Å². The summed E-state index contributed by atoms with van der Waals surface area (Å²) < 4.78 is 1.92. The molecule has 5 heteroatoms. The molecule has 0 spiro atoms. The minimum atomic E-state index is -0.0668. The Labute approximate surface area is 181 Å². The lowest BCUT2D eigenvalue weighted by Crippen LogP contribution is -2.32. The number of carbonyl (C=O) groups excluding carboxylic acids is 1. The molecule has 1 N–H and O–H groups in total. The van der Waals surface area contributed by atoms with Gasteiger partial charge >= 0.3 is 0 Å². The van der Waals surface area contributed by atoms with Crippen LogP contribution < -0.4 is 5.32 Å². The molecule has 1 atom stereocenters. The molecule has 0 saturated carbocycles. The van der Waals surface area contributed by atoms with E-state index in [1.54, 1.807) is 0 Å². The molecule has 0 radical (unpaired) electrons. The third kappa shape index (κ3) is 6.43. The topological polar surface area (TPSA) is 50.2 Å². The lowest BCUT2D eigenvalue weighted by molar-refractivity contribution is 0.0942. The van der Waals surface area contributed by atoms with Gasteiger partial charge in [-0.3, -0.25) is 4.79 Å². The van der Waals surface area contributed by atoms with Crippen molar-refractivity contribution < 1.29 is 4.79 Å². The molecule has 1 aromatic carbocycles. The standard InChI is InChI=1S/C25H38N4O/c1-19(2)15-22-16-23(27-29(22)21-9-7-6-8-10-21)24(30)26-17-20-11-13-28(18-20)14-12-25(3,4)5/h6-10,16,19-20H,11-15,17-18H2,1-5H3,(H,26,30)/t20-/m1/s1. The SMILES string of the molecule is CC(C)Cc1cc(C(=O)NC[C@H]2CCN(CCC(C)(C)C)C2)nn1-c1ccccc1. The molecule has 30 heavy (non-hydrogen) atoms. The van der Waals surface area contributed by atoms with Gasteiger partial charge in [0.25, 0.3) is 5.91 Å². The molecule has 1 aliphatic rings. The van der Waals surface area contributed by atoms with E-state index in [0.717, 1.165) is 50.4 Å². The van der Waals surface area contributed by atoms with E-state index < -0.39 is 0 Å². The van der Waals surface area contributed by atoms with Gasteiger partial charge in [-0.25, -0.2) is 4.68 Å². The van der Waals surface area contributed by atoms with Gasteiger partial charge < -0.3 is 10.2 Å². The monoisotopic (exact) mass is 410 g/mol. The van der Waals surface area contributed by atoms with Crippen LogP contribution in [0.2, 0.25) is 0 Å². The highest BCUT2D eigenvalue weighted by molar-refractivity contribution is 5.92. The van der Waals surface area contributed by atoms with Gasteiger partial charge in [-0.2, -0.15) is 5.10 Å². The number of carbonyl (C=O) groups is 1. The number of nitrogens with zero attached hydrogens (tertiary/aromatic N) is 3. The molecule has 1 amide bonds. The maximum Gasteiger partial charge on any atom is 0.271 e. The van der Waals surface area contributed by atoms with Crippen LogP contribution in [0.3, 0.4) is 0 Å². The lowest BCUT2D eigenvalue weighted by Gasteiger charge is -2.23. The van der Waals surface area contributed by atoms with Crippen molar-refractivity contribution in [1.29, 1.82) is 0 Å². The van der Waals surface area contributed by atoms with Gasteiger partial charge in [0.05, 0.1) is 5.69 Å². The fraction of sp³-hybridized carbons (Fsp3) is 0.600. The maximum atomic E-state index is 12.8.